The first-order valence-corrected chi connectivity index (χ1v) is 12.7. The van der Waals surface area contributed by atoms with Crippen molar-refractivity contribution in [2.45, 2.75) is 32.6 Å². The quantitative estimate of drug-likeness (QED) is 0.550. The number of carbonyl (C=O) groups excluding carboxylic acids is 1. The molecule has 1 amide bonds. The number of amides is 1. The highest BCUT2D eigenvalue weighted by Gasteiger charge is 2.31. The molecule has 0 saturated carbocycles. The number of piperidine rings is 1. The van der Waals surface area contributed by atoms with Gasteiger partial charge in [0.1, 0.15) is 11.5 Å². The van der Waals surface area contributed by atoms with Gasteiger partial charge in [0.25, 0.3) is 0 Å². The maximum Gasteiger partial charge on any atom is 0.227 e. The Balaban J connectivity index is 1.64. The number of rotatable bonds is 9. The van der Waals surface area contributed by atoms with E-state index in [-0.39, 0.29) is 17.6 Å². The molecular weight excluding hydrogens is 452 g/mol. The van der Waals surface area contributed by atoms with E-state index >= 15 is 0 Å². The molecule has 0 atom stereocenters. The summed E-state index contributed by atoms with van der Waals surface area (Å²) in [5, 5.41) is 3.38. The van der Waals surface area contributed by atoms with Crippen LogP contribution in [0.4, 0.5) is 5.69 Å². The molecule has 2 aromatic rings. The van der Waals surface area contributed by atoms with Crippen LogP contribution < -0.4 is 14.8 Å². The zero-order valence-corrected chi connectivity index (χ0v) is 19.9. The van der Waals surface area contributed by atoms with Crippen LogP contribution in [0.5, 0.6) is 17.2 Å². The van der Waals surface area contributed by atoms with Crippen molar-refractivity contribution in [2.24, 2.45) is 5.92 Å². The van der Waals surface area contributed by atoms with Crippen molar-refractivity contribution >= 4 is 33.2 Å². The molecule has 0 aromatic heterocycles. The van der Waals surface area contributed by atoms with E-state index in [2.05, 4.69) is 5.32 Å². The zero-order valence-electron chi connectivity index (χ0n) is 18.3. The number of carbonyl (C=O) groups is 1. The summed E-state index contributed by atoms with van der Waals surface area (Å²) < 4.78 is 37.4. The number of hydrogen-bond acceptors (Lipinski definition) is 5. The van der Waals surface area contributed by atoms with Gasteiger partial charge < -0.3 is 14.8 Å². The molecule has 9 heteroatoms. The van der Waals surface area contributed by atoms with Gasteiger partial charge in [0.2, 0.25) is 15.9 Å². The number of unbranched alkanes of at least 4 members (excludes halogenated alkanes) is 1. The Kier molecular flexibility index (Phi) is 8.39. The van der Waals surface area contributed by atoms with E-state index in [0.717, 1.165) is 6.42 Å². The number of hydrogen-bond donors (Lipinski definition) is 1. The van der Waals surface area contributed by atoms with Gasteiger partial charge >= 0.3 is 0 Å². The van der Waals surface area contributed by atoms with Crippen molar-refractivity contribution in [1.82, 2.24) is 4.31 Å². The van der Waals surface area contributed by atoms with E-state index in [9.17, 15) is 13.2 Å². The maximum absolute atomic E-state index is 12.9. The normalized spacial score (nSPS) is 15.3. The number of halogens is 1. The fourth-order valence-corrected chi connectivity index (χ4v) is 5.40. The first-order valence-electron chi connectivity index (χ1n) is 10.7. The Bertz CT molecular complexity index is 1020. The average Bonchev–Trinajstić information content (AvgIpc) is 2.80. The summed E-state index contributed by atoms with van der Waals surface area (Å²) in [5.74, 6) is 1.49. The van der Waals surface area contributed by atoms with Crippen LogP contribution in [0.1, 0.15) is 32.6 Å². The Morgan fingerprint density at radius 3 is 2.41 bits per heavy atom. The van der Waals surface area contributed by atoms with Crippen molar-refractivity contribution in [3.05, 3.63) is 47.5 Å². The van der Waals surface area contributed by atoms with Gasteiger partial charge in [0.05, 0.1) is 18.6 Å². The van der Waals surface area contributed by atoms with Gasteiger partial charge in [-0.2, -0.15) is 0 Å². The van der Waals surface area contributed by atoms with Crippen LogP contribution in [0, 0.1) is 5.92 Å². The number of nitrogens with zero attached hydrogens (tertiary/aromatic N) is 1. The molecule has 1 fully saturated rings. The summed E-state index contributed by atoms with van der Waals surface area (Å²) in [4.78, 5) is 12.9. The average molecular weight is 481 g/mol. The van der Waals surface area contributed by atoms with Gasteiger partial charge in [-0.15, -0.1) is 0 Å². The second-order valence-corrected chi connectivity index (χ2v) is 10.3. The predicted octanol–water partition coefficient (Wildman–Crippen LogP) is 4.92. The summed E-state index contributed by atoms with van der Waals surface area (Å²) >= 11 is 6.14. The predicted molar refractivity (Wildman–Crippen MR) is 126 cm³/mol. The highest BCUT2D eigenvalue weighted by molar-refractivity contribution is 7.89. The lowest BCUT2D eigenvalue weighted by Crippen LogP contribution is -2.42. The van der Waals surface area contributed by atoms with Crippen LogP contribution >= 0.6 is 11.6 Å². The van der Waals surface area contributed by atoms with Crippen LogP contribution in [0.2, 0.25) is 5.02 Å². The summed E-state index contributed by atoms with van der Waals surface area (Å²) in [7, 11) is -1.66. The third kappa shape index (κ3) is 6.37. The summed E-state index contributed by atoms with van der Waals surface area (Å²) in [6.07, 6.45) is 2.44. The molecule has 0 aliphatic carbocycles. The van der Waals surface area contributed by atoms with Gasteiger partial charge in [0, 0.05) is 24.0 Å². The van der Waals surface area contributed by atoms with Crippen molar-refractivity contribution in [3.63, 3.8) is 0 Å². The van der Waals surface area contributed by atoms with Crippen LogP contribution in [-0.4, -0.2) is 44.6 Å². The molecule has 0 radical (unpaired) electrons. The van der Waals surface area contributed by atoms with Gasteiger partial charge in [-0.3, -0.25) is 4.79 Å². The summed E-state index contributed by atoms with van der Waals surface area (Å²) in [6, 6.07) is 12.1. The molecule has 1 N–H and O–H groups in total. The lowest BCUT2D eigenvalue weighted by Gasteiger charge is -2.30. The third-order valence-electron chi connectivity index (χ3n) is 5.46. The standard InChI is InChI=1S/C23H29ClN2O5S/c1-3-4-15-32(28,29)26-13-11-17(12-14-26)23(27)25-21-16-18(24)5-10-22(21)31-20-8-6-19(30-2)7-9-20/h5-10,16-17H,3-4,11-15H2,1-2H3,(H,25,27). The van der Waals surface area contributed by atoms with Gasteiger partial charge in [-0.05, 0) is 61.7 Å². The lowest BCUT2D eigenvalue weighted by atomic mass is 9.97. The van der Waals surface area contributed by atoms with E-state index in [1.165, 1.54) is 4.31 Å². The first kappa shape index (κ1) is 24.4. The van der Waals surface area contributed by atoms with E-state index in [4.69, 9.17) is 21.1 Å². The van der Waals surface area contributed by atoms with Crippen molar-refractivity contribution in [2.75, 3.05) is 31.3 Å². The number of methoxy groups -OCH3 is 1. The van der Waals surface area contributed by atoms with Crippen LogP contribution in [-0.2, 0) is 14.8 Å². The fourth-order valence-electron chi connectivity index (χ4n) is 3.55. The molecule has 7 nitrogen and oxygen atoms in total. The highest BCUT2D eigenvalue weighted by atomic mass is 35.5. The van der Waals surface area contributed by atoms with Crippen molar-refractivity contribution in [3.8, 4) is 17.2 Å². The first-order chi connectivity index (χ1) is 15.3. The van der Waals surface area contributed by atoms with Gasteiger partial charge in [0.15, 0.2) is 5.75 Å². The van der Waals surface area contributed by atoms with Crippen LogP contribution in [0.3, 0.4) is 0 Å². The van der Waals surface area contributed by atoms with Crippen LogP contribution in [0.15, 0.2) is 42.5 Å². The Morgan fingerprint density at radius 2 is 1.78 bits per heavy atom. The number of sulfonamides is 1. The minimum Gasteiger partial charge on any atom is -0.497 e. The largest absolute Gasteiger partial charge is 0.497 e. The molecular formula is C23H29ClN2O5S. The molecule has 2 aromatic carbocycles. The summed E-state index contributed by atoms with van der Waals surface area (Å²) in [5.41, 5.74) is 0.469. The molecule has 1 saturated heterocycles. The van der Waals surface area contributed by atoms with Gasteiger partial charge in [-0.1, -0.05) is 24.9 Å². The molecule has 1 aliphatic rings. The van der Waals surface area contributed by atoms with E-state index in [1.54, 1.807) is 49.6 Å². The van der Waals surface area contributed by atoms with E-state index in [0.29, 0.717) is 60.3 Å². The third-order valence-corrected chi connectivity index (χ3v) is 7.65. The molecule has 3 rings (SSSR count). The molecule has 1 heterocycles. The molecule has 0 spiro atoms. The SMILES string of the molecule is CCCCS(=O)(=O)N1CCC(C(=O)Nc2cc(Cl)ccc2Oc2ccc(OC)cc2)CC1. The molecule has 1 aliphatic heterocycles. The maximum atomic E-state index is 12.9. The number of anilines is 1. The minimum atomic E-state index is -3.25. The molecule has 32 heavy (non-hydrogen) atoms. The highest BCUT2D eigenvalue weighted by Crippen LogP contribution is 2.33. The number of benzene rings is 2. The van der Waals surface area contributed by atoms with E-state index in [1.807, 2.05) is 6.92 Å². The second-order valence-electron chi connectivity index (χ2n) is 7.75. The lowest BCUT2D eigenvalue weighted by molar-refractivity contribution is -0.120. The number of ether oxygens (including phenoxy) is 2. The van der Waals surface area contributed by atoms with Crippen molar-refractivity contribution in [1.29, 1.82) is 0 Å². The second kappa shape index (κ2) is 11.0. The Morgan fingerprint density at radius 1 is 1.12 bits per heavy atom. The minimum absolute atomic E-state index is 0.162. The molecule has 0 unspecified atom stereocenters. The molecule has 174 valence electrons. The Hall–Kier alpha value is -2.29. The van der Waals surface area contributed by atoms with Crippen LogP contribution in [0.25, 0.3) is 0 Å². The summed E-state index contributed by atoms with van der Waals surface area (Å²) in [6.45, 7) is 2.68. The monoisotopic (exact) mass is 480 g/mol. The Labute approximate surface area is 194 Å². The topological polar surface area (TPSA) is 84.9 Å². The smallest absolute Gasteiger partial charge is 0.227 e. The zero-order chi connectivity index (χ0) is 23.1. The van der Waals surface area contributed by atoms with E-state index < -0.39 is 10.0 Å². The fraction of sp³-hybridized carbons (Fsp3) is 0.435. The van der Waals surface area contributed by atoms with Gasteiger partial charge in [-0.25, -0.2) is 12.7 Å². The molecule has 0 bridgehead atoms. The van der Waals surface area contributed by atoms with Crippen molar-refractivity contribution < 1.29 is 22.7 Å². The number of nitrogens with one attached hydrogen (secondary N) is 1.